The highest BCUT2D eigenvalue weighted by Gasteiger charge is 2.34. The average molecular weight is 375 g/mol. The van der Waals surface area contributed by atoms with Gasteiger partial charge in [0.05, 0.1) is 6.20 Å². The second-order valence-electron chi connectivity index (χ2n) is 5.28. The molecule has 0 saturated carbocycles. The Morgan fingerprint density at radius 2 is 1.92 bits per heavy atom. The molecule has 0 radical (unpaired) electrons. The standard InChI is InChI=1S/C16H17F4N3OS/c1-3-8-22(10-16(18,19)20)14(24)13-9-21-15(25-2)23(13)12-6-4-11(17)5-7-12/h4-7,9H,3,8,10H2,1-2H3. The fraction of sp³-hybridized carbons (Fsp3) is 0.375. The van der Waals surface area contributed by atoms with E-state index >= 15 is 0 Å². The molecule has 0 N–H and O–H groups in total. The van der Waals surface area contributed by atoms with Crippen LogP contribution >= 0.6 is 11.8 Å². The minimum absolute atomic E-state index is 0.00802. The highest BCUT2D eigenvalue weighted by molar-refractivity contribution is 7.98. The third-order valence-electron chi connectivity index (χ3n) is 3.37. The van der Waals surface area contributed by atoms with Gasteiger partial charge in [0.1, 0.15) is 18.1 Å². The van der Waals surface area contributed by atoms with Crippen molar-refractivity contribution in [2.45, 2.75) is 24.7 Å². The molecule has 9 heteroatoms. The maximum absolute atomic E-state index is 13.2. The molecule has 2 rings (SSSR count). The zero-order valence-corrected chi connectivity index (χ0v) is 14.5. The first-order valence-electron chi connectivity index (χ1n) is 7.50. The van der Waals surface area contributed by atoms with Crippen molar-refractivity contribution in [2.75, 3.05) is 19.3 Å². The molecule has 0 unspecified atom stereocenters. The van der Waals surface area contributed by atoms with E-state index in [-0.39, 0.29) is 12.2 Å². The summed E-state index contributed by atoms with van der Waals surface area (Å²) < 4.78 is 52.9. The van der Waals surface area contributed by atoms with Gasteiger partial charge < -0.3 is 4.90 Å². The van der Waals surface area contributed by atoms with E-state index < -0.39 is 24.4 Å². The van der Waals surface area contributed by atoms with E-state index in [1.807, 2.05) is 0 Å². The van der Waals surface area contributed by atoms with E-state index in [4.69, 9.17) is 0 Å². The van der Waals surface area contributed by atoms with Crippen molar-refractivity contribution in [3.05, 3.63) is 42.0 Å². The monoisotopic (exact) mass is 375 g/mol. The van der Waals surface area contributed by atoms with Crippen LogP contribution in [0.5, 0.6) is 0 Å². The molecule has 0 aliphatic heterocycles. The minimum atomic E-state index is -4.49. The zero-order chi connectivity index (χ0) is 18.6. The molecule has 1 aromatic heterocycles. The Labute approximate surface area is 146 Å². The van der Waals surface area contributed by atoms with Gasteiger partial charge >= 0.3 is 6.18 Å². The Bertz CT molecular complexity index is 728. The summed E-state index contributed by atoms with van der Waals surface area (Å²) in [7, 11) is 0. The van der Waals surface area contributed by atoms with E-state index in [0.29, 0.717) is 17.3 Å². The van der Waals surface area contributed by atoms with Crippen LogP contribution in [0.1, 0.15) is 23.8 Å². The molecule has 1 amide bonds. The summed E-state index contributed by atoms with van der Waals surface area (Å²) in [5.74, 6) is -1.22. The quantitative estimate of drug-likeness (QED) is 0.562. The van der Waals surface area contributed by atoms with E-state index in [1.165, 1.54) is 46.8 Å². The first kappa shape index (κ1) is 19.3. The summed E-state index contributed by atoms with van der Waals surface area (Å²) in [5, 5.41) is 0.429. The molecule has 1 aromatic carbocycles. The van der Waals surface area contributed by atoms with Gasteiger partial charge in [-0.3, -0.25) is 9.36 Å². The third kappa shape index (κ3) is 4.75. The molecule has 136 valence electrons. The summed E-state index contributed by atoms with van der Waals surface area (Å²) in [5.41, 5.74) is 0.462. The highest BCUT2D eigenvalue weighted by atomic mass is 32.2. The number of thioether (sulfide) groups is 1. The minimum Gasteiger partial charge on any atom is -0.328 e. The average Bonchev–Trinajstić information content (AvgIpc) is 2.97. The second kappa shape index (κ2) is 7.90. The smallest absolute Gasteiger partial charge is 0.328 e. The summed E-state index contributed by atoms with van der Waals surface area (Å²) in [4.78, 5) is 17.5. The largest absolute Gasteiger partial charge is 0.406 e. The van der Waals surface area contributed by atoms with Crippen molar-refractivity contribution < 1.29 is 22.4 Å². The number of carbonyl (C=O) groups excluding carboxylic acids is 1. The molecule has 0 fully saturated rings. The van der Waals surface area contributed by atoms with E-state index in [2.05, 4.69) is 4.98 Å². The zero-order valence-electron chi connectivity index (χ0n) is 13.7. The van der Waals surface area contributed by atoms with Crippen LogP contribution in [0, 0.1) is 5.82 Å². The first-order valence-corrected chi connectivity index (χ1v) is 8.73. The highest BCUT2D eigenvalue weighted by Crippen LogP contribution is 2.24. The van der Waals surface area contributed by atoms with Gasteiger partial charge in [0.15, 0.2) is 5.16 Å². The Morgan fingerprint density at radius 1 is 1.28 bits per heavy atom. The Kier molecular flexibility index (Phi) is 6.10. The van der Waals surface area contributed by atoms with Crippen molar-refractivity contribution in [3.8, 4) is 5.69 Å². The topological polar surface area (TPSA) is 38.1 Å². The van der Waals surface area contributed by atoms with Gasteiger partial charge in [-0.2, -0.15) is 13.2 Å². The molecule has 1 heterocycles. The SMILES string of the molecule is CCCN(CC(F)(F)F)C(=O)c1cnc(SC)n1-c1ccc(F)cc1. The first-order chi connectivity index (χ1) is 11.8. The molecule has 4 nitrogen and oxygen atoms in total. The van der Waals surface area contributed by atoms with Crippen LogP contribution < -0.4 is 0 Å². The van der Waals surface area contributed by atoms with Gasteiger partial charge in [-0.15, -0.1) is 0 Å². The molecule has 0 saturated heterocycles. The van der Waals surface area contributed by atoms with Crippen molar-refractivity contribution in [1.29, 1.82) is 0 Å². The van der Waals surface area contributed by atoms with Crippen molar-refractivity contribution in [2.24, 2.45) is 0 Å². The second-order valence-corrected chi connectivity index (χ2v) is 6.06. The molecular weight excluding hydrogens is 358 g/mol. The van der Waals surface area contributed by atoms with E-state index in [0.717, 1.165) is 4.90 Å². The van der Waals surface area contributed by atoms with Crippen LogP contribution in [-0.4, -0.2) is 45.9 Å². The molecule has 0 aliphatic rings. The van der Waals surface area contributed by atoms with Crippen LogP contribution in [0.3, 0.4) is 0 Å². The van der Waals surface area contributed by atoms with Gasteiger partial charge in [-0.25, -0.2) is 9.37 Å². The number of carbonyl (C=O) groups is 1. The molecule has 25 heavy (non-hydrogen) atoms. The fourth-order valence-corrected chi connectivity index (χ4v) is 2.91. The maximum Gasteiger partial charge on any atom is 0.406 e. The number of hydrogen-bond acceptors (Lipinski definition) is 3. The van der Waals surface area contributed by atoms with Gasteiger partial charge in [0.25, 0.3) is 5.91 Å². The van der Waals surface area contributed by atoms with Gasteiger partial charge in [-0.1, -0.05) is 18.7 Å². The van der Waals surface area contributed by atoms with Crippen molar-refractivity contribution in [1.82, 2.24) is 14.5 Å². The normalized spacial score (nSPS) is 11.6. The number of aromatic nitrogens is 2. The number of alkyl halides is 3. The van der Waals surface area contributed by atoms with Crippen LogP contribution in [-0.2, 0) is 0 Å². The number of benzene rings is 1. The Hall–Kier alpha value is -2.03. The third-order valence-corrected chi connectivity index (χ3v) is 4.02. The number of amides is 1. The number of nitrogens with zero attached hydrogens (tertiary/aromatic N) is 3. The summed E-state index contributed by atoms with van der Waals surface area (Å²) >= 11 is 1.24. The Balaban J connectivity index is 2.45. The molecule has 0 spiro atoms. The molecule has 2 aromatic rings. The lowest BCUT2D eigenvalue weighted by Gasteiger charge is -2.24. The van der Waals surface area contributed by atoms with Crippen molar-refractivity contribution >= 4 is 17.7 Å². The van der Waals surface area contributed by atoms with Gasteiger partial charge in [-0.05, 0) is 36.9 Å². The lowest BCUT2D eigenvalue weighted by atomic mass is 10.2. The summed E-state index contributed by atoms with van der Waals surface area (Å²) in [6.45, 7) is 0.339. The summed E-state index contributed by atoms with van der Waals surface area (Å²) in [6, 6.07) is 5.32. The molecule has 0 aliphatic carbocycles. The molecular formula is C16H17F4N3OS. The lowest BCUT2D eigenvalue weighted by molar-refractivity contribution is -0.140. The number of rotatable bonds is 6. The van der Waals surface area contributed by atoms with Gasteiger partial charge in [0.2, 0.25) is 0 Å². The van der Waals surface area contributed by atoms with Crippen LogP contribution in [0.2, 0.25) is 0 Å². The van der Waals surface area contributed by atoms with Crippen LogP contribution in [0.4, 0.5) is 17.6 Å². The Morgan fingerprint density at radius 3 is 2.44 bits per heavy atom. The number of hydrogen-bond donors (Lipinski definition) is 0. The molecule has 0 bridgehead atoms. The van der Waals surface area contributed by atoms with Crippen LogP contribution in [0.25, 0.3) is 5.69 Å². The molecule has 0 atom stereocenters. The van der Waals surface area contributed by atoms with E-state index in [1.54, 1.807) is 13.2 Å². The fourth-order valence-electron chi connectivity index (χ4n) is 2.37. The number of halogens is 4. The van der Waals surface area contributed by atoms with E-state index in [9.17, 15) is 22.4 Å². The summed E-state index contributed by atoms with van der Waals surface area (Å²) in [6.07, 6.45) is -1.12. The van der Waals surface area contributed by atoms with Gasteiger partial charge in [0, 0.05) is 12.2 Å². The predicted molar refractivity (Wildman–Crippen MR) is 87.6 cm³/mol. The van der Waals surface area contributed by atoms with Crippen LogP contribution in [0.15, 0.2) is 35.6 Å². The van der Waals surface area contributed by atoms with Crippen molar-refractivity contribution in [3.63, 3.8) is 0 Å². The lowest BCUT2D eigenvalue weighted by Crippen LogP contribution is -2.40. The maximum atomic E-state index is 13.2. The predicted octanol–water partition coefficient (Wildman–Crippen LogP) is 4.15. The number of imidazole rings is 1.